The highest BCUT2D eigenvalue weighted by molar-refractivity contribution is 6.39. The lowest BCUT2D eigenvalue weighted by molar-refractivity contribution is -0.140. The van der Waals surface area contributed by atoms with E-state index in [0.29, 0.717) is 35.7 Å². The standard InChI is InChI=1S/C19H26N2O2/c1-18-10-8-15(22)17(21-20)14(18)4-3-11-12-5-6-16(23)19(12,2)9-7-13(11)18/h11-14H,3-10H2,1-2H3/t11-,12-,13-,14-,18+,19-/m0/s1. The minimum Gasteiger partial charge on any atom is -0.361 e. The van der Waals surface area contributed by atoms with Crippen molar-refractivity contribution in [2.24, 2.45) is 34.5 Å². The lowest BCUT2D eigenvalue weighted by Crippen LogP contribution is -2.56. The Hall–Kier alpha value is -1.28. The van der Waals surface area contributed by atoms with Gasteiger partial charge in [-0.1, -0.05) is 13.8 Å². The van der Waals surface area contributed by atoms with Crippen molar-refractivity contribution < 1.29 is 14.4 Å². The van der Waals surface area contributed by atoms with Gasteiger partial charge in [0.2, 0.25) is 5.78 Å². The lowest BCUT2D eigenvalue weighted by atomic mass is 9.45. The largest absolute Gasteiger partial charge is 0.361 e. The maximum Gasteiger partial charge on any atom is 0.337 e. The average Bonchev–Trinajstić information content (AvgIpc) is 2.83. The van der Waals surface area contributed by atoms with E-state index >= 15 is 0 Å². The van der Waals surface area contributed by atoms with E-state index in [1.807, 2.05) is 0 Å². The summed E-state index contributed by atoms with van der Waals surface area (Å²) in [5.41, 5.74) is 9.75. The zero-order chi connectivity index (χ0) is 16.4. The van der Waals surface area contributed by atoms with Crippen LogP contribution in [0.4, 0.5) is 0 Å². The molecule has 4 aliphatic rings. The Morgan fingerprint density at radius 1 is 1.00 bits per heavy atom. The molecule has 4 saturated carbocycles. The lowest BCUT2D eigenvalue weighted by Gasteiger charge is -2.57. The molecule has 0 bridgehead atoms. The number of carbonyl (C=O) groups excluding carboxylic acids is 2. The second kappa shape index (κ2) is 4.86. The number of hydrogen-bond donors (Lipinski definition) is 0. The summed E-state index contributed by atoms with van der Waals surface area (Å²) in [6, 6.07) is 0. The fraction of sp³-hybridized carbons (Fsp3) is 0.842. The molecule has 0 aromatic rings. The van der Waals surface area contributed by atoms with Gasteiger partial charge in [0.15, 0.2) is 0 Å². The molecule has 0 aliphatic heterocycles. The van der Waals surface area contributed by atoms with E-state index in [-0.39, 0.29) is 22.5 Å². The molecule has 0 aromatic heterocycles. The summed E-state index contributed by atoms with van der Waals surface area (Å²) in [5.74, 6) is 2.31. The Morgan fingerprint density at radius 3 is 2.52 bits per heavy atom. The van der Waals surface area contributed by atoms with Gasteiger partial charge in [-0.2, -0.15) is 4.79 Å². The molecule has 6 atom stereocenters. The highest BCUT2D eigenvalue weighted by Crippen LogP contribution is 2.64. The van der Waals surface area contributed by atoms with E-state index in [4.69, 9.17) is 0 Å². The zero-order valence-corrected chi connectivity index (χ0v) is 14.2. The molecule has 4 fully saturated rings. The van der Waals surface area contributed by atoms with E-state index in [1.54, 1.807) is 0 Å². The summed E-state index contributed by atoms with van der Waals surface area (Å²) < 4.78 is 0. The molecule has 4 rings (SSSR count). The third-order valence-corrected chi connectivity index (χ3v) is 8.19. The first kappa shape index (κ1) is 15.3. The third kappa shape index (κ3) is 1.85. The SMILES string of the molecule is C[C@]12CCC(=O)C(=[N+]=[N-])[C@@H]1CC[C@@H]1[C@@H]2CC[C@]2(C)C(=O)CC[C@@H]12. The van der Waals surface area contributed by atoms with Gasteiger partial charge in [0.1, 0.15) is 5.78 Å². The van der Waals surface area contributed by atoms with Crippen LogP contribution < -0.4 is 0 Å². The molecule has 4 aliphatic carbocycles. The van der Waals surface area contributed by atoms with Crippen molar-refractivity contribution in [3.63, 3.8) is 0 Å². The van der Waals surface area contributed by atoms with Crippen LogP contribution in [0.15, 0.2) is 0 Å². The molecule has 0 radical (unpaired) electrons. The zero-order valence-electron chi connectivity index (χ0n) is 14.2. The van der Waals surface area contributed by atoms with Crippen LogP contribution in [0.2, 0.25) is 0 Å². The molecule has 124 valence electrons. The van der Waals surface area contributed by atoms with Gasteiger partial charge in [-0.05, 0) is 61.7 Å². The first-order valence-electron chi connectivity index (χ1n) is 9.20. The van der Waals surface area contributed by atoms with Crippen LogP contribution in [0.3, 0.4) is 0 Å². The number of nitrogens with zero attached hydrogens (tertiary/aromatic N) is 2. The van der Waals surface area contributed by atoms with Crippen LogP contribution in [-0.4, -0.2) is 22.1 Å². The van der Waals surface area contributed by atoms with Gasteiger partial charge >= 0.3 is 5.71 Å². The monoisotopic (exact) mass is 314 g/mol. The molecular formula is C19H26N2O2. The highest BCUT2D eigenvalue weighted by atomic mass is 16.1. The van der Waals surface area contributed by atoms with Gasteiger partial charge in [-0.15, -0.1) is 0 Å². The fourth-order valence-corrected chi connectivity index (χ4v) is 6.87. The van der Waals surface area contributed by atoms with Crippen molar-refractivity contribution in [2.75, 3.05) is 0 Å². The smallest absolute Gasteiger partial charge is 0.337 e. The average molecular weight is 314 g/mol. The van der Waals surface area contributed by atoms with Gasteiger partial charge in [0, 0.05) is 18.3 Å². The first-order valence-corrected chi connectivity index (χ1v) is 9.20. The number of Topliss-reactive ketones (excluding diaryl/α,β-unsaturated/α-hetero) is 2. The molecule has 0 heterocycles. The maximum absolute atomic E-state index is 12.4. The Kier molecular flexibility index (Phi) is 3.22. The number of carbonyl (C=O) groups is 2. The number of rotatable bonds is 0. The van der Waals surface area contributed by atoms with Crippen molar-refractivity contribution in [2.45, 2.75) is 65.2 Å². The molecule has 0 amide bonds. The maximum atomic E-state index is 12.4. The van der Waals surface area contributed by atoms with Crippen molar-refractivity contribution in [1.29, 1.82) is 0 Å². The molecule has 0 saturated heterocycles. The van der Waals surface area contributed by atoms with Crippen molar-refractivity contribution in [3.05, 3.63) is 5.53 Å². The third-order valence-electron chi connectivity index (χ3n) is 8.19. The molecule has 4 nitrogen and oxygen atoms in total. The van der Waals surface area contributed by atoms with Gasteiger partial charge in [-0.3, -0.25) is 9.59 Å². The van der Waals surface area contributed by atoms with Crippen molar-refractivity contribution in [1.82, 2.24) is 0 Å². The highest BCUT2D eigenvalue weighted by Gasteiger charge is 2.62. The van der Waals surface area contributed by atoms with E-state index < -0.39 is 0 Å². The molecular weight excluding hydrogens is 288 g/mol. The number of fused-ring (bicyclic) bond motifs is 5. The second-order valence-corrected chi connectivity index (χ2v) is 8.84. The summed E-state index contributed by atoms with van der Waals surface area (Å²) in [5, 5.41) is 0. The van der Waals surface area contributed by atoms with Crippen LogP contribution in [0.25, 0.3) is 5.53 Å². The van der Waals surface area contributed by atoms with Crippen LogP contribution in [0.1, 0.15) is 65.2 Å². The summed E-state index contributed by atoms with van der Waals surface area (Å²) in [6.07, 6.45) is 7.32. The molecule has 0 N–H and O–H groups in total. The van der Waals surface area contributed by atoms with Gasteiger partial charge in [-0.25, -0.2) is 0 Å². The molecule has 0 aromatic carbocycles. The Labute approximate surface area is 137 Å². The Morgan fingerprint density at radius 2 is 1.78 bits per heavy atom. The Bertz CT molecular complexity index is 635. The minimum absolute atomic E-state index is 0.0325. The van der Waals surface area contributed by atoms with E-state index in [0.717, 1.165) is 44.9 Å². The minimum atomic E-state index is -0.0945. The predicted molar refractivity (Wildman–Crippen MR) is 85.8 cm³/mol. The van der Waals surface area contributed by atoms with Crippen LogP contribution >= 0.6 is 0 Å². The second-order valence-electron chi connectivity index (χ2n) is 8.84. The normalized spacial score (nSPS) is 49.2. The molecule has 4 heteroatoms. The van der Waals surface area contributed by atoms with Crippen molar-refractivity contribution >= 4 is 17.3 Å². The molecule has 23 heavy (non-hydrogen) atoms. The van der Waals surface area contributed by atoms with Gasteiger partial charge in [0.25, 0.3) is 0 Å². The fourth-order valence-electron chi connectivity index (χ4n) is 6.87. The Balaban J connectivity index is 1.70. The predicted octanol–water partition coefficient (Wildman–Crippen LogP) is 3.45. The van der Waals surface area contributed by atoms with E-state index in [9.17, 15) is 15.1 Å². The van der Waals surface area contributed by atoms with Gasteiger partial charge < -0.3 is 5.53 Å². The van der Waals surface area contributed by atoms with E-state index in [1.165, 1.54) is 0 Å². The number of hydrogen-bond acceptors (Lipinski definition) is 2. The quantitative estimate of drug-likeness (QED) is 0.507. The first-order chi connectivity index (χ1) is 10.9. The summed E-state index contributed by atoms with van der Waals surface area (Å²) in [7, 11) is 0. The van der Waals surface area contributed by atoms with Crippen LogP contribution in [0, 0.1) is 34.5 Å². The van der Waals surface area contributed by atoms with E-state index in [2.05, 4.69) is 18.6 Å². The van der Waals surface area contributed by atoms with Crippen LogP contribution in [0.5, 0.6) is 0 Å². The van der Waals surface area contributed by atoms with Crippen molar-refractivity contribution in [3.8, 4) is 0 Å². The summed E-state index contributed by atoms with van der Waals surface area (Å²) >= 11 is 0. The van der Waals surface area contributed by atoms with Gasteiger partial charge in [0.05, 0.1) is 5.92 Å². The summed E-state index contributed by atoms with van der Waals surface area (Å²) in [6.45, 7) is 4.51. The molecule has 0 spiro atoms. The summed E-state index contributed by atoms with van der Waals surface area (Å²) in [4.78, 5) is 27.9. The molecule has 0 unspecified atom stereocenters. The number of ketones is 2. The van der Waals surface area contributed by atoms with Crippen LogP contribution in [-0.2, 0) is 9.59 Å². The topological polar surface area (TPSA) is 70.5 Å².